The minimum Gasteiger partial charge on any atom is -0.337 e. The second-order valence-corrected chi connectivity index (χ2v) is 9.51. The molecular weight excluding hydrogens is 408 g/mol. The van der Waals surface area contributed by atoms with E-state index in [1.807, 2.05) is 22.5 Å². The fourth-order valence-corrected chi connectivity index (χ4v) is 5.35. The highest BCUT2D eigenvalue weighted by Gasteiger charge is 2.27. The third kappa shape index (κ3) is 4.37. The number of fused-ring (bicyclic) bond motifs is 1. The summed E-state index contributed by atoms with van der Waals surface area (Å²) < 4.78 is 2.12. The van der Waals surface area contributed by atoms with Crippen LogP contribution in [0.3, 0.4) is 0 Å². The second kappa shape index (κ2) is 9.06. The van der Waals surface area contributed by atoms with Gasteiger partial charge >= 0.3 is 0 Å². The summed E-state index contributed by atoms with van der Waals surface area (Å²) >= 11 is 1.60. The summed E-state index contributed by atoms with van der Waals surface area (Å²) in [5.41, 5.74) is 4.12. The lowest BCUT2D eigenvalue weighted by atomic mass is 10.1. The molecule has 2 aliphatic rings. The van der Waals surface area contributed by atoms with Crippen LogP contribution in [0.5, 0.6) is 0 Å². The van der Waals surface area contributed by atoms with Crippen molar-refractivity contribution in [2.45, 2.75) is 39.3 Å². The zero-order valence-corrected chi connectivity index (χ0v) is 19.0. The van der Waals surface area contributed by atoms with E-state index in [-0.39, 0.29) is 5.91 Å². The van der Waals surface area contributed by atoms with Gasteiger partial charge in [0.1, 0.15) is 0 Å². The zero-order chi connectivity index (χ0) is 21.2. The highest BCUT2D eigenvalue weighted by atomic mass is 32.1. The number of piperidine rings is 1. The van der Waals surface area contributed by atoms with Gasteiger partial charge in [0.05, 0.1) is 11.4 Å². The van der Waals surface area contributed by atoms with Crippen LogP contribution in [0.25, 0.3) is 4.96 Å². The Balaban J connectivity index is 1.27. The number of likely N-dealkylation sites (tertiary alicyclic amines) is 1. The van der Waals surface area contributed by atoms with Gasteiger partial charge in [-0.1, -0.05) is 6.07 Å². The molecule has 164 valence electrons. The summed E-state index contributed by atoms with van der Waals surface area (Å²) in [7, 11) is 0. The van der Waals surface area contributed by atoms with Crippen molar-refractivity contribution in [3.63, 3.8) is 0 Å². The van der Waals surface area contributed by atoms with Crippen molar-refractivity contribution in [1.82, 2.24) is 29.1 Å². The van der Waals surface area contributed by atoms with Crippen molar-refractivity contribution in [3.05, 3.63) is 52.6 Å². The number of thiazole rings is 1. The van der Waals surface area contributed by atoms with Gasteiger partial charge in [0.2, 0.25) is 0 Å². The van der Waals surface area contributed by atoms with E-state index in [1.54, 1.807) is 11.3 Å². The minimum absolute atomic E-state index is 0.106. The number of rotatable bonds is 5. The van der Waals surface area contributed by atoms with E-state index in [4.69, 9.17) is 4.98 Å². The quantitative estimate of drug-likeness (QED) is 0.613. The van der Waals surface area contributed by atoms with Crippen LogP contribution in [0, 0.1) is 6.92 Å². The van der Waals surface area contributed by atoms with E-state index < -0.39 is 0 Å². The Bertz CT molecular complexity index is 1050. The molecule has 0 spiro atoms. The van der Waals surface area contributed by atoms with E-state index in [9.17, 15) is 4.79 Å². The molecule has 5 rings (SSSR count). The molecule has 2 fully saturated rings. The molecule has 31 heavy (non-hydrogen) atoms. The molecule has 8 heteroatoms. The van der Waals surface area contributed by atoms with Gasteiger partial charge in [-0.15, -0.1) is 11.3 Å². The number of aromatic nitrogens is 3. The lowest BCUT2D eigenvalue weighted by Gasteiger charge is -2.34. The van der Waals surface area contributed by atoms with Crippen LogP contribution < -0.4 is 0 Å². The number of carbonyl (C=O) groups is 1. The van der Waals surface area contributed by atoms with E-state index in [0.29, 0.717) is 5.69 Å². The predicted octanol–water partition coefficient (Wildman–Crippen LogP) is 3.04. The number of aryl methyl sites for hydroxylation is 1. The molecule has 2 aliphatic heterocycles. The summed E-state index contributed by atoms with van der Waals surface area (Å²) in [5, 5.41) is 2.05. The van der Waals surface area contributed by atoms with Crippen LogP contribution in [-0.2, 0) is 13.1 Å². The van der Waals surface area contributed by atoms with Gasteiger partial charge in [-0.05, 0) is 37.8 Å². The third-order valence-corrected chi connectivity index (χ3v) is 7.29. The maximum Gasteiger partial charge on any atom is 0.274 e. The Labute approximate surface area is 187 Å². The topological polar surface area (TPSA) is 57.0 Å². The summed E-state index contributed by atoms with van der Waals surface area (Å²) in [6, 6.07) is 4.13. The molecule has 1 amide bonds. The molecule has 0 saturated carbocycles. The molecule has 0 N–H and O–H groups in total. The number of imidazole rings is 1. The normalized spacial score (nSPS) is 18.7. The lowest BCUT2D eigenvalue weighted by Crippen LogP contribution is -2.46. The first kappa shape index (κ1) is 20.6. The summed E-state index contributed by atoms with van der Waals surface area (Å²) in [6.07, 6.45) is 7.35. The molecule has 0 aromatic carbocycles. The first-order valence-electron chi connectivity index (χ1n) is 11.3. The number of amides is 1. The summed E-state index contributed by atoms with van der Waals surface area (Å²) in [5.74, 6) is 0.106. The van der Waals surface area contributed by atoms with E-state index in [1.165, 1.54) is 17.7 Å². The van der Waals surface area contributed by atoms with Crippen molar-refractivity contribution in [2.75, 3.05) is 39.3 Å². The fraction of sp³-hybridized carbons (Fsp3) is 0.522. The molecule has 5 heterocycles. The van der Waals surface area contributed by atoms with E-state index in [2.05, 4.69) is 38.4 Å². The molecule has 0 radical (unpaired) electrons. The predicted molar refractivity (Wildman–Crippen MR) is 122 cm³/mol. The molecule has 7 nitrogen and oxygen atoms in total. The van der Waals surface area contributed by atoms with Gasteiger partial charge in [0.15, 0.2) is 10.7 Å². The van der Waals surface area contributed by atoms with Crippen LogP contribution in [0.2, 0.25) is 0 Å². The number of pyridine rings is 1. The number of carbonyl (C=O) groups excluding carboxylic acids is 1. The van der Waals surface area contributed by atoms with Crippen LogP contribution in [0.4, 0.5) is 0 Å². The number of hydrogen-bond donors (Lipinski definition) is 0. The van der Waals surface area contributed by atoms with Gasteiger partial charge in [0.25, 0.3) is 5.91 Å². The van der Waals surface area contributed by atoms with Gasteiger partial charge in [0, 0.05) is 70.1 Å². The smallest absolute Gasteiger partial charge is 0.274 e. The van der Waals surface area contributed by atoms with Crippen molar-refractivity contribution in [1.29, 1.82) is 0 Å². The largest absolute Gasteiger partial charge is 0.337 e. The van der Waals surface area contributed by atoms with Gasteiger partial charge in [-0.3, -0.25) is 24.0 Å². The number of piperazine rings is 1. The Morgan fingerprint density at radius 1 is 1.03 bits per heavy atom. The maximum absolute atomic E-state index is 13.2. The van der Waals surface area contributed by atoms with Crippen molar-refractivity contribution >= 4 is 22.2 Å². The number of hydrogen-bond acceptors (Lipinski definition) is 6. The van der Waals surface area contributed by atoms with Crippen LogP contribution in [-0.4, -0.2) is 74.2 Å². The van der Waals surface area contributed by atoms with Gasteiger partial charge < -0.3 is 4.90 Å². The molecule has 0 aliphatic carbocycles. The Morgan fingerprint density at radius 3 is 2.52 bits per heavy atom. The van der Waals surface area contributed by atoms with Crippen molar-refractivity contribution in [2.24, 2.45) is 0 Å². The van der Waals surface area contributed by atoms with Crippen LogP contribution >= 0.6 is 11.3 Å². The number of nitrogens with zero attached hydrogens (tertiary/aromatic N) is 6. The van der Waals surface area contributed by atoms with Crippen molar-refractivity contribution < 1.29 is 4.79 Å². The Hall–Kier alpha value is -2.29. The average molecular weight is 439 g/mol. The molecular formula is C23H30N6OS. The summed E-state index contributed by atoms with van der Waals surface area (Å²) in [4.78, 5) is 30.4. The Morgan fingerprint density at radius 2 is 1.77 bits per heavy atom. The molecule has 2 saturated heterocycles. The van der Waals surface area contributed by atoms with Crippen LogP contribution in [0.15, 0.2) is 29.9 Å². The van der Waals surface area contributed by atoms with Gasteiger partial charge in [-0.2, -0.15) is 0 Å². The molecule has 0 unspecified atom stereocenters. The molecule has 3 aromatic rings. The first-order valence-corrected chi connectivity index (χ1v) is 12.2. The monoisotopic (exact) mass is 438 g/mol. The second-order valence-electron chi connectivity index (χ2n) is 8.63. The minimum atomic E-state index is 0.106. The maximum atomic E-state index is 13.2. The first-order chi connectivity index (χ1) is 15.2. The average Bonchev–Trinajstić information content (AvgIpc) is 3.39. The van der Waals surface area contributed by atoms with Crippen LogP contribution in [0.1, 0.15) is 46.7 Å². The van der Waals surface area contributed by atoms with Gasteiger partial charge in [-0.25, -0.2) is 4.98 Å². The Kier molecular flexibility index (Phi) is 6.02. The summed E-state index contributed by atoms with van der Waals surface area (Å²) in [6.45, 7) is 9.51. The van der Waals surface area contributed by atoms with Crippen molar-refractivity contribution in [3.8, 4) is 0 Å². The fourth-order valence-electron chi connectivity index (χ4n) is 4.61. The third-order valence-electron chi connectivity index (χ3n) is 6.54. The standard InChI is InChI=1S/C23H30N6OS/c1-18-6-5-7-24-19(18)16-26-10-12-27(13-11-26)17-20-21(25-23-29(20)14-15-31-23)22(30)28-8-3-2-4-9-28/h5-7,14-15H,2-4,8-13,16-17H2,1H3. The molecule has 0 atom stereocenters. The SMILES string of the molecule is Cc1cccnc1CN1CCN(Cc2c(C(=O)N3CCCCC3)nc3sccn23)CC1. The lowest BCUT2D eigenvalue weighted by molar-refractivity contribution is 0.0714. The molecule has 3 aromatic heterocycles. The van der Waals surface area contributed by atoms with E-state index >= 15 is 0 Å². The highest BCUT2D eigenvalue weighted by Crippen LogP contribution is 2.23. The highest BCUT2D eigenvalue weighted by molar-refractivity contribution is 7.15. The molecule has 0 bridgehead atoms. The van der Waals surface area contributed by atoms with E-state index in [0.717, 1.165) is 75.9 Å². The zero-order valence-electron chi connectivity index (χ0n) is 18.2.